The molecule has 2 atom stereocenters. The van der Waals surface area contributed by atoms with E-state index < -0.39 is 6.10 Å². The summed E-state index contributed by atoms with van der Waals surface area (Å²) in [5, 5.41) is 15.6. The van der Waals surface area contributed by atoms with Gasteiger partial charge in [0.25, 0.3) is 0 Å². The highest BCUT2D eigenvalue weighted by Crippen LogP contribution is 2.29. The minimum atomic E-state index is -0.487. The largest absolute Gasteiger partial charge is 0.387 e. The molecule has 4 rings (SSSR count). The zero-order valence-electron chi connectivity index (χ0n) is 15.1. The molecule has 0 amide bonds. The van der Waals surface area contributed by atoms with Crippen LogP contribution in [-0.4, -0.2) is 22.7 Å². The van der Waals surface area contributed by atoms with Gasteiger partial charge in [0.15, 0.2) is 0 Å². The average Bonchev–Trinajstić information content (AvgIpc) is 2.72. The minimum Gasteiger partial charge on any atom is -0.387 e. The van der Waals surface area contributed by atoms with Gasteiger partial charge in [-0.2, -0.15) is 0 Å². The smallest absolute Gasteiger partial charge is 0.0950 e. The molecule has 1 fully saturated rings. The van der Waals surface area contributed by atoms with Crippen molar-refractivity contribution in [1.29, 1.82) is 0 Å². The quantitative estimate of drug-likeness (QED) is 0.728. The summed E-state index contributed by atoms with van der Waals surface area (Å²) in [7, 11) is 0. The third kappa shape index (κ3) is 3.79. The summed E-state index contributed by atoms with van der Waals surface area (Å²) in [4.78, 5) is 4.85. The van der Waals surface area contributed by atoms with Gasteiger partial charge in [0.05, 0.1) is 11.6 Å². The molecule has 0 bridgehead atoms. The van der Waals surface area contributed by atoms with Crippen LogP contribution in [0.2, 0.25) is 0 Å². The maximum Gasteiger partial charge on any atom is 0.0950 e. The summed E-state index contributed by atoms with van der Waals surface area (Å²) in [5.41, 5.74) is 4.36. The third-order valence-corrected chi connectivity index (χ3v) is 5.36. The highest BCUT2D eigenvalue weighted by Gasteiger charge is 2.24. The van der Waals surface area contributed by atoms with Gasteiger partial charge in [-0.3, -0.25) is 4.98 Å². The fraction of sp³-hybridized carbons (Fsp3) is 0.348. The topological polar surface area (TPSA) is 45.2 Å². The minimum absolute atomic E-state index is 0.136. The number of benzene rings is 2. The summed E-state index contributed by atoms with van der Waals surface area (Å²) >= 11 is 0. The normalized spacial score (nSPS) is 18.7. The summed E-state index contributed by atoms with van der Waals surface area (Å²) < 4.78 is 0. The third-order valence-electron chi connectivity index (χ3n) is 5.36. The second-order valence-corrected chi connectivity index (χ2v) is 7.21. The number of hydrogen-bond acceptors (Lipinski definition) is 3. The first-order chi connectivity index (χ1) is 12.8. The van der Waals surface area contributed by atoms with Crippen LogP contribution in [0, 0.1) is 0 Å². The van der Waals surface area contributed by atoms with Crippen LogP contribution in [0.1, 0.15) is 42.2 Å². The molecule has 0 saturated carbocycles. The van der Waals surface area contributed by atoms with E-state index in [1.165, 1.54) is 18.4 Å². The molecule has 1 saturated heterocycles. The molecule has 3 heteroatoms. The van der Waals surface area contributed by atoms with E-state index in [0.29, 0.717) is 0 Å². The Kier molecular flexibility index (Phi) is 5.28. The Bertz CT molecular complexity index is 856. The molecule has 2 N–H and O–H groups in total. The Morgan fingerprint density at radius 1 is 1.00 bits per heavy atom. The molecular formula is C23H26N2O. The maximum atomic E-state index is 11.1. The van der Waals surface area contributed by atoms with Crippen molar-refractivity contribution in [2.75, 3.05) is 6.54 Å². The van der Waals surface area contributed by atoms with E-state index in [2.05, 4.69) is 41.7 Å². The van der Waals surface area contributed by atoms with E-state index >= 15 is 0 Å². The highest BCUT2D eigenvalue weighted by molar-refractivity contribution is 5.82. The lowest BCUT2D eigenvalue weighted by Crippen LogP contribution is -2.38. The van der Waals surface area contributed by atoms with Crippen LogP contribution >= 0.6 is 0 Å². The molecule has 0 unspecified atom stereocenters. The number of rotatable bonds is 5. The zero-order chi connectivity index (χ0) is 17.8. The van der Waals surface area contributed by atoms with Gasteiger partial charge in [0, 0.05) is 17.1 Å². The predicted molar refractivity (Wildman–Crippen MR) is 106 cm³/mol. The summed E-state index contributed by atoms with van der Waals surface area (Å²) in [6.07, 6.45) is 4.76. The lowest BCUT2D eigenvalue weighted by Gasteiger charge is -2.29. The van der Waals surface area contributed by atoms with Crippen LogP contribution in [0.3, 0.4) is 0 Å². The lowest BCUT2D eigenvalue weighted by molar-refractivity contribution is 0.115. The zero-order valence-corrected chi connectivity index (χ0v) is 15.1. The number of aryl methyl sites for hydroxylation is 2. The predicted octanol–water partition coefficient (Wildman–Crippen LogP) is 4.20. The Balaban J connectivity index is 1.64. The van der Waals surface area contributed by atoms with Crippen molar-refractivity contribution in [3.8, 4) is 0 Å². The van der Waals surface area contributed by atoms with Crippen molar-refractivity contribution in [2.24, 2.45) is 0 Å². The molecule has 3 aromatic rings. The molecule has 0 aliphatic carbocycles. The number of nitrogens with one attached hydrogen (secondary N) is 1. The standard InChI is InChI=1S/C23H26N2O/c26-23(22-12-6-7-15-24-22)20-16-18(14-13-17-8-2-1-3-9-17)25-21-11-5-4-10-19(20)21/h1-5,8-11,16,22-24,26H,6-7,12-15H2/t22-,23+/m0/s1. The van der Waals surface area contributed by atoms with Gasteiger partial charge in [-0.05, 0) is 55.5 Å². The first-order valence-electron chi connectivity index (χ1n) is 9.65. The molecule has 3 nitrogen and oxygen atoms in total. The molecule has 2 aromatic carbocycles. The first kappa shape index (κ1) is 17.2. The Hall–Kier alpha value is -2.23. The molecule has 0 radical (unpaired) electrons. The number of fused-ring (bicyclic) bond motifs is 1. The van der Waals surface area contributed by atoms with E-state index in [9.17, 15) is 5.11 Å². The van der Waals surface area contributed by atoms with Gasteiger partial charge in [-0.25, -0.2) is 0 Å². The van der Waals surface area contributed by atoms with Crippen molar-refractivity contribution in [1.82, 2.24) is 10.3 Å². The van der Waals surface area contributed by atoms with Crippen molar-refractivity contribution in [3.63, 3.8) is 0 Å². The van der Waals surface area contributed by atoms with Crippen molar-refractivity contribution < 1.29 is 5.11 Å². The van der Waals surface area contributed by atoms with Gasteiger partial charge in [-0.15, -0.1) is 0 Å². The maximum absolute atomic E-state index is 11.1. The van der Waals surface area contributed by atoms with Gasteiger partial charge < -0.3 is 10.4 Å². The number of pyridine rings is 1. The van der Waals surface area contributed by atoms with E-state index in [0.717, 1.165) is 48.0 Å². The lowest BCUT2D eigenvalue weighted by atomic mass is 9.92. The summed E-state index contributed by atoms with van der Waals surface area (Å²) in [5.74, 6) is 0. The summed E-state index contributed by atoms with van der Waals surface area (Å²) in [6, 6.07) is 20.9. The van der Waals surface area contributed by atoms with Crippen LogP contribution in [-0.2, 0) is 12.8 Å². The number of para-hydroxylation sites is 1. The number of aromatic nitrogens is 1. The van der Waals surface area contributed by atoms with Crippen LogP contribution in [0.25, 0.3) is 10.9 Å². The van der Waals surface area contributed by atoms with Gasteiger partial charge in [-0.1, -0.05) is 55.0 Å². The fourth-order valence-corrected chi connectivity index (χ4v) is 3.91. The first-order valence-corrected chi connectivity index (χ1v) is 9.65. The van der Waals surface area contributed by atoms with Crippen molar-refractivity contribution in [2.45, 2.75) is 44.2 Å². The molecular weight excluding hydrogens is 320 g/mol. The number of nitrogens with zero attached hydrogens (tertiary/aromatic N) is 1. The Morgan fingerprint density at radius 3 is 2.62 bits per heavy atom. The van der Waals surface area contributed by atoms with Crippen LogP contribution in [0.15, 0.2) is 60.7 Å². The van der Waals surface area contributed by atoms with Gasteiger partial charge in [0.2, 0.25) is 0 Å². The van der Waals surface area contributed by atoms with E-state index in [1.54, 1.807) is 0 Å². The van der Waals surface area contributed by atoms with Crippen molar-refractivity contribution >= 4 is 10.9 Å². The van der Waals surface area contributed by atoms with Crippen LogP contribution in [0.5, 0.6) is 0 Å². The van der Waals surface area contributed by atoms with Gasteiger partial charge in [0.1, 0.15) is 0 Å². The second-order valence-electron chi connectivity index (χ2n) is 7.21. The highest BCUT2D eigenvalue weighted by atomic mass is 16.3. The van der Waals surface area contributed by atoms with Crippen LogP contribution < -0.4 is 5.32 Å². The Labute approximate surface area is 155 Å². The fourth-order valence-electron chi connectivity index (χ4n) is 3.91. The van der Waals surface area contributed by atoms with Gasteiger partial charge >= 0.3 is 0 Å². The monoisotopic (exact) mass is 346 g/mol. The molecule has 1 aliphatic rings. The van der Waals surface area contributed by atoms with E-state index in [-0.39, 0.29) is 6.04 Å². The molecule has 1 aromatic heterocycles. The second kappa shape index (κ2) is 7.98. The number of aliphatic hydroxyl groups excluding tert-OH is 1. The number of aliphatic hydroxyl groups is 1. The molecule has 134 valence electrons. The SMILES string of the molecule is O[C@H](c1cc(CCc2ccccc2)nc2ccccc12)[C@@H]1CCCCN1. The van der Waals surface area contributed by atoms with Crippen LogP contribution in [0.4, 0.5) is 0 Å². The number of piperidine rings is 1. The average molecular weight is 346 g/mol. The van der Waals surface area contributed by atoms with Crippen molar-refractivity contribution in [3.05, 3.63) is 77.5 Å². The molecule has 0 spiro atoms. The Morgan fingerprint density at radius 2 is 1.81 bits per heavy atom. The molecule has 26 heavy (non-hydrogen) atoms. The summed E-state index contributed by atoms with van der Waals surface area (Å²) in [6.45, 7) is 0.992. The van der Waals surface area contributed by atoms with E-state index in [1.807, 2.05) is 24.3 Å². The molecule has 1 aliphatic heterocycles. The van der Waals surface area contributed by atoms with E-state index in [4.69, 9.17) is 4.98 Å². The molecule has 2 heterocycles. The number of hydrogen-bond donors (Lipinski definition) is 2.